The van der Waals surface area contributed by atoms with E-state index in [0.717, 1.165) is 12.1 Å². The van der Waals surface area contributed by atoms with Crippen LogP contribution in [0.3, 0.4) is 0 Å². The van der Waals surface area contributed by atoms with E-state index in [1.807, 2.05) is 18.2 Å². The van der Waals surface area contributed by atoms with Crippen molar-refractivity contribution in [2.75, 3.05) is 11.1 Å². The number of anilines is 2. The second-order valence-electron chi connectivity index (χ2n) is 4.68. The van der Waals surface area contributed by atoms with Crippen molar-refractivity contribution in [2.45, 2.75) is 19.4 Å². The fourth-order valence-corrected chi connectivity index (χ4v) is 2.13. The van der Waals surface area contributed by atoms with Crippen LogP contribution in [0.2, 0.25) is 0 Å². The summed E-state index contributed by atoms with van der Waals surface area (Å²) in [5.41, 5.74) is 14.2. The standard InChI is InChI=1S/C16H19N3O/c1-2-14(11-6-4-3-5-7-11)19-15-10-12(16(18)20)8-9-13(15)17/h3-10,14,19H,2,17H2,1H3,(H2,18,20). The summed E-state index contributed by atoms with van der Waals surface area (Å²) in [6.07, 6.45) is 0.907. The number of nitrogens with one attached hydrogen (secondary N) is 1. The van der Waals surface area contributed by atoms with Crippen molar-refractivity contribution in [3.8, 4) is 0 Å². The fraction of sp³-hybridized carbons (Fsp3) is 0.188. The minimum Gasteiger partial charge on any atom is -0.397 e. The van der Waals surface area contributed by atoms with Gasteiger partial charge in [0.1, 0.15) is 0 Å². The van der Waals surface area contributed by atoms with Crippen molar-refractivity contribution in [1.29, 1.82) is 0 Å². The highest BCUT2D eigenvalue weighted by molar-refractivity contribution is 5.94. The van der Waals surface area contributed by atoms with Gasteiger partial charge in [-0.2, -0.15) is 0 Å². The minimum atomic E-state index is -0.458. The molecule has 104 valence electrons. The number of rotatable bonds is 5. The highest BCUT2D eigenvalue weighted by Gasteiger charge is 2.11. The van der Waals surface area contributed by atoms with E-state index in [1.54, 1.807) is 18.2 Å². The molecule has 2 rings (SSSR count). The number of primary amides is 1. The molecule has 5 N–H and O–H groups in total. The molecule has 0 saturated heterocycles. The summed E-state index contributed by atoms with van der Waals surface area (Å²) >= 11 is 0. The zero-order valence-electron chi connectivity index (χ0n) is 11.5. The molecule has 20 heavy (non-hydrogen) atoms. The molecule has 0 bridgehead atoms. The summed E-state index contributed by atoms with van der Waals surface area (Å²) < 4.78 is 0. The van der Waals surface area contributed by atoms with Crippen LogP contribution in [0.15, 0.2) is 48.5 Å². The highest BCUT2D eigenvalue weighted by atomic mass is 16.1. The van der Waals surface area contributed by atoms with Gasteiger partial charge in [-0.3, -0.25) is 4.79 Å². The zero-order valence-corrected chi connectivity index (χ0v) is 11.5. The van der Waals surface area contributed by atoms with Crippen LogP contribution in [0.4, 0.5) is 11.4 Å². The first-order chi connectivity index (χ1) is 9.61. The molecule has 0 spiro atoms. The fourth-order valence-electron chi connectivity index (χ4n) is 2.13. The molecule has 1 amide bonds. The molecule has 2 aromatic rings. The average Bonchev–Trinajstić information content (AvgIpc) is 2.47. The summed E-state index contributed by atoms with van der Waals surface area (Å²) in [4.78, 5) is 11.2. The lowest BCUT2D eigenvalue weighted by molar-refractivity contribution is 0.100. The average molecular weight is 269 g/mol. The van der Waals surface area contributed by atoms with Crippen LogP contribution in [-0.4, -0.2) is 5.91 Å². The van der Waals surface area contributed by atoms with E-state index in [-0.39, 0.29) is 6.04 Å². The van der Waals surface area contributed by atoms with E-state index >= 15 is 0 Å². The molecule has 0 heterocycles. The number of carbonyl (C=O) groups is 1. The topological polar surface area (TPSA) is 81.1 Å². The van der Waals surface area contributed by atoms with Gasteiger partial charge in [-0.15, -0.1) is 0 Å². The van der Waals surface area contributed by atoms with Crippen LogP contribution < -0.4 is 16.8 Å². The third-order valence-corrected chi connectivity index (χ3v) is 3.28. The highest BCUT2D eigenvalue weighted by Crippen LogP contribution is 2.27. The lowest BCUT2D eigenvalue weighted by atomic mass is 10.0. The van der Waals surface area contributed by atoms with Gasteiger partial charge in [0.2, 0.25) is 5.91 Å². The van der Waals surface area contributed by atoms with Crippen molar-refractivity contribution in [2.24, 2.45) is 5.73 Å². The van der Waals surface area contributed by atoms with Gasteiger partial charge in [-0.05, 0) is 30.2 Å². The second kappa shape index (κ2) is 6.10. The van der Waals surface area contributed by atoms with E-state index in [4.69, 9.17) is 11.5 Å². The van der Waals surface area contributed by atoms with Crippen molar-refractivity contribution in [3.05, 3.63) is 59.7 Å². The van der Waals surface area contributed by atoms with E-state index in [9.17, 15) is 4.79 Å². The number of amides is 1. The Morgan fingerprint density at radius 3 is 2.50 bits per heavy atom. The lowest BCUT2D eigenvalue weighted by Gasteiger charge is -2.20. The molecule has 0 aliphatic heterocycles. The summed E-state index contributed by atoms with van der Waals surface area (Å²) in [5, 5.41) is 3.38. The number of nitrogen functional groups attached to an aromatic ring is 1. The number of benzene rings is 2. The minimum absolute atomic E-state index is 0.140. The Hall–Kier alpha value is -2.49. The van der Waals surface area contributed by atoms with Gasteiger partial charge in [-0.1, -0.05) is 37.3 Å². The smallest absolute Gasteiger partial charge is 0.248 e. The van der Waals surface area contributed by atoms with Gasteiger partial charge in [0.15, 0.2) is 0 Å². The monoisotopic (exact) mass is 269 g/mol. The van der Waals surface area contributed by atoms with Crippen LogP contribution >= 0.6 is 0 Å². The number of hydrogen-bond donors (Lipinski definition) is 3. The second-order valence-corrected chi connectivity index (χ2v) is 4.68. The van der Waals surface area contributed by atoms with E-state index in [0.29, 0.717) is 11.3 Å². The number of nitrogens with two attached hydrogens (primary N) is 2. The Kier molecular flexibility index (Phi) is 4.25. The summed E-state index contributed by atoms with van der Waals surface area (Å²) in [6, 6.07) is 15.3. The Balaban J connectivity index is 2.28. The van der Waals surface area contributed by atoms with Gasteiger partial charge in [0.05, 0.1) is 17.4 Å². The first-order valence-corrected chi connectivity index (χ1v) is 6.62. The van der Waals surface area contributed by atoms with Crippen molar-refractivity contribution >= 4 is 17.3 Å². The molecule has 0 fully saturated rings. The Morgan fingerprint density at radius 1 is 1.20 bits per heavy atom. The molecular formula is C16H19N3O. The normalized spacial score (nSPS) is 11.8. The molecule has 0 radical (unpaired) electrons. The first kappa shape index (κ1) is 13.9. The van der Waals surface area contributed by atoms with Crippen molar-refractivity contribution < 1.29 is 4.79 Å². The molecule has 1 atom stereocenters. The molecule has 0 aromatic heterocycles. The Labute approximate surface area is 118 Å². The molecule has 4 heteroatoms. The molecule has 0 aliphatic carbocycles. The van der Waals surface area contributed by atoms with Crippen molar-refractivity contribution in [3.63, 3.8) is 0 Å². The predicted molar refractivity (Wildman–Crippen MR) is 82.5 cm³/mol. The molecule has 0 saturated carbocycles. The maximum Gasteiger partial charge on any atom is 0.248 e. The maximum absolute atomic E-state index is 11.2. The van der Waals surface area contributed by atoms with Gasteiger partial charge < -0.3 is 16.8 Å². The van der Waals surface area contributed by atoms with Gasteiger partial charge in [0, 0.05) is 5.56 Å². The lowest BCUT2D eigenvalue weighted by Crippen LogP contribution is -2.14. The zero-order chi connectivity index (χ0) is 14.5. The predicted octanol–water partition coefficient (Wildman–Crippen LogP) is 2.93. The van der Waals surface area contributed by atoms with E-state index in [1.165, 1.54) is 5.56 Å². The van der Waals surface area contributed by atoms with Crippen LogP contribution in [-0.2, 0) is 0 Å². The van der Waals surface area contributed by atoms with E-state index < -0.39 is 5.91 Å². The SMILES string of the molecule is CCC(Nc1cc(C(N)=O)ccc1N)c1ccccc1. The molecule has 1 unspecified atom stereocenters. The van der Waals surface area contributed by atoms with Crippen LogP contribution in [0.1, 0.15) is 35.3 Å². The molecule has 4 nitrogen and oxygen atoms in total. The van der Waals surface area contributed by atoms with Crippen molar-refractivity contribution in [1.82, 2.24) is 0 Å². The molecule has 2 aromatic carbocycles. The first-order valence-electron chi connectivity index (χ1n) is 6.62. The maximum atomic E-state index is 11.2. The summed E-state index contributed by atoms with van der Waals surface area (Å²) in [5.74, 6) is -0.458. The van der Waals surface area contributed by atoms with Gasteiger partial charge in [-0.25, -0.2) is 0 Å². The molecule has 0 aliphatic rings. The van der Waals surface area contributed by atoms with E-state index in [2.05, 4.69) is 24.4 Å². The Bertz CT molecular complexity index is 596. The van der Waals surface area contributed by atoms with Gasteiger partial charge in [0.25, 0.3) is 0 Å². The Morgan fingerprint density at radius 2 is 1.90 bits per heavy atom. The summed E-state index contributed by atoms with van der Waals surface area (Å²) in [7, 11) is 0. The van der Waals surface area contributed by atoms with Crippen LogP contribution in [0.25, 0.3) is 0 Å². The van der Waals surface area contributed by atoms with Crippen LogP contribution in [0, 0.1) is 0 Å². The number of hydrogen-bond acceptors (Lipinski definition) is 3. The van der Waals surface area contributed by atoms with Gasteiger partial charge >= 0.3 is 0 Å². The summed E-state index contributed by atoms with van der Waals surface area (Å²) in [6.45, 7) is 2.10. The molecular weight excluding hydrogens is 250 g/mol. The third-order valence-electron chi connectivity index (χ3n) is 3.28. The quantitative estimate of drug-likeness (QED) is 0.730. The third kappa shape index (κ3) is 3.09. The largest absolute Gasteiger partial charge is 0.397 e. The number of carbonyl (C=O) groups excluding carboxylic acids is 1. The van der Waals surface area contributed by atoms with Crippen LogP contribution in [0.5, 0.6) is 0 Å².